The second-order valence-corrected chi connectivity index (χ2v) is 4.85. The van der Waals surface area contributed by atoms with E-state index in [1.807, 2.05) is 19.9 Å². The molecule has 0 spiro atoms. The number of hydrogen-bond acceptors (Lipinski definition) is 3. The van der Waals surface area contributed by atoms with Gasteiger partial charge in [0, 0.05) is 0 Å². The first-order valence-corrected chi connectivity index (χ1v) is 7.91. The minimum atomic E-state index is 0.665. The molecule has 0 aliphatic rings. The average molecular weight is 279 g/mol. The fraction of sp³-hybridized carbons (Fsp3) is 0.647. The van der Waals surface area contributed by atoms with Gasteiger partial charge in [-0.15, -0.1) is 0 Å². The Kier molecular flexibility index (Phi) is 8.88. The van der Waals surface area contributed by atoms with Crippen molar-refractivity contribution in [3.8, 4) is 11.5 Å². The van der Waals surface area contributed by atoms with Gasteiger partial charge in [-0.05, 0) is 57.5 Å². The summed E-state index contributed by atoms with van der Waals surface area (Å²) in [4.78, 5) is 0. The van der Waals surface area contributed by atoms with E-state index in [9.17, 15) is 0 Å². The lowest BCUT2D eigenvalue weighted by Gasteiger charge is -2.12. The van der Waals surface area contributed by atoms with E-state index in [0.29, 0.717) is 13.2 Å². The third-order valence-electron chi connectivity index (χ3n) is 3.16. The van der Waals surface area contributed by atoms with Crippen molar-refractivity contribution in [2.45, 2.75) is 46.5 Å². The smallest absolute Gasteiger partial charge is 0.161 e. The van der Waals surface area contributed by atoms with Gasteiger partial charge in [0.05, 0.1) is 13.2 Å². The van der Waals surface area contributed by atoms with Crippen molar-refractivity contribution in [2.75, 3.05) is 26.3 Å². The van der Waals surface area contributed by atoms with Crippen LogP contribution in [0.5, 0.6) is 11.5 Å². The summed E-state index contributed by atoms with van der Waals surface area (Å²) in [6.45, 7) is 9.68. The zero-order chi connectivity index (χ0) is 14.6. The summed E-state index contributed by atoms with van der Waals surface area (Å²) in [7, 11) is 0. The SMILES string of the molecule is CCCCCNCCc1ccc(OCC)c(OCC)c1. The van der Waals surface area contributed by atoms with Crippen LogP contribution in [0.25, 0.3) is 0 Å². The van der Waals surface area contributed by atoms with Gasteiger partial charge in [0.25, 0.3) is 0 Å². The molecule has 0 saturated heterocycles. The molecule has 1 rings (SSSR count). The molecule has 3 nitrogen and oxygen atoms in total. The molecule has 0 bridgehead atoms. The summed E-state index contributed by atoms with van der Waals surface area (Å²) in [5.74, 6) is 1.70. The Hall–Kier alpha value is -1.22. The van der Waals surface area contributed by atoms with Crippen molar-refractivity contribution in [3.05, 3.63) is 23.8 Å². The lowest BCUT2D eigenvalue weighted by atomic mass is 10.1. The normalized spacial score (nSPS) is 10.6. The summed E-state index contributed by atoms with van der Waals surface area (Å²) in [6.07, 6.45) is 4.88. The molecular formula is C17H29NO2. The van der Waals surface area contributed by atoms with Crippen molar-refractivity contribution >= 4 is 0 Å². The predicted molar refractivity (Wildman–Crippen MR) is 84.9 cm³/mol. The van der Waals surface area contributed by atoms with Gasteiger partial charge in [-0.3, -0.25) is 0 Å². The van der Waals surface area contributed by atoms with Crippen LogP contribution in [0.1, 0.15) is 45.6 Å². The van der Waals surface area contributed by atoms with Gasteiger partial charge in [0.1, 0.15) is 0 Å². The Morgan fingerprint density at radius 2 is 1.65 bits per heavy atom. The molecule has 0 amide bonds. The predicted octanol–water partition coefficient (Wildman–Crippen LogP) is 3.81. The lowest BCUT2D eigenvalue weighted by molar-refractivity contribution is 0.287. The Balaban J connectivity index is 2.43. The second-order valence-electron chi connectivity index (χ2n) is 4.85. The van der Waals surface area contributed by atoms with E-state index in [-0.39, 0.29) is 0 Å². The molecule has 1 aromatic rings. The van der Waals surface area contributed by atoms with Crippen LogP contribution in [0.4, 0.5) is 0 Å². The quantitative estimate of drug-likeness (QED) is 0.625. The molecule has 0 radical (unpaired) electrons. The zero-order valence-corrected chi connectivity index (χ0v) is 13.2. The van der Waals surface area contributed by atoms with E-state index < -0.39 is 0 Å². The summed E-state index contributed by atoms with van der Waals surface area (Å²) in [5.41, 5.74) is 1.29. The number of hydrogen-bond donors (Lipinski definition) is 1. The molecule has 1 N–H and O–H groups in total. The maximum absolute atomic E-state index is 5.64. The second kappa shape index (κ2) is 10.6. The number of rotatable bonds is 11. The Labute approximate surface area is 123 Å². The number of unbranched alkanes of at least 4 members (excludes halogenated alkanes) is 2. The third-order valence-corrected chi connectivity index (χ3v) is 3.16. The van der Waals surface area contributed by atoms with Gasteiger partial charge in [-0.2, -0.15) is 0 Å². The van der Waals surface area contributed by atoms with E-state index in [2.05, 4.69) is 24.4 Å². The van der Waals surface area contributed by atoms with Crippen molar-refractivity contribution in [1.82, 2.24) is 5.32 Å². The largest absolute Gasteiger partial charge is 0.490 e. The van der Waals surface area contributed by atoms with Gasteiger partial charge >= 0.3 is 0 Å². The highest BCUT2D eigenvalue weighted by Gasteiger charge is 2.05. The molecule has 0 saturated carbocycles. The van der Waals surface area contributed by atoms with E-state index >= 15 is 0 Å². The van der Waals surface area contributed by atoms with Gasteiger partial charge in [0.2, 0.25) is 0 Å². The summed E-state index contributed by atoms with van der Waals surface area (Å²) >= 11 is 0. The van der Waals surface area contributed by atoms with Crippen LogP contribution in [0.3, 0.4) is 0 Å². The van der Waals surface area contributed by atoms with Crippen LogP contribution in [0.2, 0.25) is 0 Å². The minimum Gasteiger partial charge on any atom is -0.490 e. The van der Waals surface area contributed by atoms with Crippen LogP contribution in [-0.2, 0) is 6.42 Å². The van der Waals surface area contributed by atoms with E-state index in [1.54, 1.807) is 0 Å². The highest BCUT2D eigenvalue weighted by molar-refractivity contribution is 5.43. The Morgan fingerprint density at radius 3 is 2.35 bits per heavy atom. The van der Waals surface area contributed by atoms with Gasteiger partial charge in [-0.25, -0.2) is 0 Å². The molecule has 0 heterocycles. The molecular weight excluding hydrogens is 250 g/mol. The van der Waals surface area contributed by atoms with Crippen molar-refractivity contribution < 1.29 is 9.47 Å². The van der Waals surface area contributed by atoms with Crippen LogP contribution < -0.4 is 14.8 Å². The molecule has 0 atom stereocenters. The Bertz CT molecular complexity index is 366. The highest BCUT2D eigenvalue weighted by atomic mass is 16.5. The molecule has 0 aliphatic carbocycles. The topological polar surface area (TPSA) is 30.5 Å². The summed E-state index contributed by atoms with van der Waals surface area (Å²) < 4.78 is 11.2. The van der Waals surface area contributed by atoms with Crippen molar-refractivity contribution in [1.29, 1.82) is 0 Å². The van der Waals surface area contributed by atoms with Crippen LogP contribution >= 0.6 is 0 Å². The number of benzene rings is 1. The van der Waals surface area contributed by atoms with E-state index in [0.717, 1.165) is 31.0 Å². The Morgan fingerprint density at radius 1 is 0.900 bits per heavy atom. The maximum atomic E-state index is 5.64. The fourth-order valence-electron chi connectivity index (χ4n) is 2.11. The van der Waals surface area contributed by atoms with Crippen LogP contribution in [0.15, 0.2) is 18.2 Å². The lowest BCUT2D eigenvalue weighted by Crippen LogP contribution is -2.18. The first-order valence-electron chi connectivity index (χ1n) is 7.91. The fourth-order valence-corrected chi connectivity index (χ4v) is 2.11. The van der Waals surface area contributed by atoms with Crippen molar-refractivity contribution in [3.63, 3.8) is 0 Å². The average Bonchev–Trinajstić information content (AvgIpc) is 2.46. The summed E-state index contributed by atoms with van der Waals surface area (Å²) in [5, 5.41) is 3.49. The molecule has 0 fully saturated rings. The van der Waals surface area contributed by atoms with Crippen LogP contribution in [-0.4, -0.2) is 26.3 Å². The number of nitrogens with one attached hydrogen (secondary N) is 1. The van der Waals surface area contributed by atoms with Crippen LogP contribution in [0, 0.1) is 0 Å². The first-order chi connectivity index (χ1) is 9.81. The number of ether oxygens (including phenoxy) is 2. The highest BCUT2D eigenvalue weighted by Crippen LogP contribution is 2.28. The molecule has 0 aliphatic heterocycles. The molecule has 114 valence electrons. The van der Waals surface area contributed by atoms with E-state index in [1.165, 1.54) is 24.8 Å². The van der Waals surface area contributed by atoms with Gasteiger partial charge in [0.15, 0.2) is 11.5 Å². The monoisotopic (exact) mass is 279 g/mol. The molecule has 3 heteroatoms. The van der Waals surface area contributed by atoms with E-state index in [4.69, 9.17) is 9.47 Å². The first kappa shape index (κ1) is 16.8. The van der Waals surface area contributed by atoms with Gasteiger partial charge < -0.3 is 14.8 Å². The molecule has 0 aromatic heterocycles. The summed E-state index contributed by atoms with van der Waals surface area (Å²) in [6, 6.07) is 6.24. The standard InChI is InChI=1S/C17H29NO2/c1-4-7-8-12-18-13-11-15-9-10-16(19-5-2)17(14-15)20-6-3/h9-10,14,18H,4-8,11-13H2,1-3H3. The maximum Gasteiger partial charge on any atom is 0.161 e. The third kappa shape index (κ3) is 6.29. The van der Waals surface area contributed by atoms with Gasteiger partial charge in [-0.1, -0.05) is 25.8 Å². The molecule has 20 heavy (non-hydrogen) atoms. The van der Waals surface area contributed by atoms with Crippen molar-refractivity contribution in [2.24, 2.45) is 0 Å². The zero-order valence-electron chi connectivity index (χ0n) is 13.2. The molecule has 0 unspecified atom stereocenters. The molecule has 1 aromatic carbocycles. The minimum absolute atomic E-state index is 0.665.